The summed E-state index contributed by atoms with van der Waals surface area (Å²) in [6.07, 6.45) is -0.364. The van der Waals surface area contributed by atoms with Crippen LogP contribution in [-0.4, -0.2) is 38.9 Å². The maximum absolute atomic E-state index is 13.8. The molecule has 0 saturated carbocycles. The number of carboxylic acid groups (broad SMARTS) is 2. The van der Waals surface area contributed by atoms with E-state index in [4.69, 9.17) is 10.2 Å². The molecule has 0 aliphatic heterocycles. The zero-order valence-electron chi connectivity index (χ0n) is 13.3. The number of benzene rings is 2. The topological polar surface area (TPSA) is 91.7 Å². The maximum atomic E-state index is 13.8. The highest BCUT2D eigenvalue weighted by Gasteiger charge is 2.23. The largest absolute Gasteiger partial charge is 0.481 e. The van der Waals surface area contributed by atoms with Gasteiger partial charge in [-0.2, -0.15) is 0 Å². The van der Waals surface area contributed by atoms with Gasteiger partial charge in [-0.25, -0.2) is 8.78 Å². The number of halogens is 2. The first kappa shape index (κ1) is 19.6. The van der Waals surface area contributed by atoms with Crippen molar-refractivity contribution in [3.63, 3.8) is 0 Å². The minimum atomic E-state index is -1.27. The Balaban J connectivity index is 2.12. The van der Waals surface area contributed by atoms with Gasteiger partial charge in [-0.3, -0.25) is 14.4 Å². The number of aliphatic carboxylic acids is 2. The molecule has 0 aliphatic carbocycles. The Morgan fingerprint density at radius 3 is 2.19 bits per heavy atom. The summed E-state index contributed by atoms with van der Waals surface area (Å²) in [5, 5.41) is 16.5. The molecule has 1 atom stereocenters. The SMILES string of the molecule is O=C(O)CSC(CC(=O)c1ccc(-c2ccc(F)cc2F)cc1)C(=O)O. The smallest absolute Gasteiger partial charge is 0.317 e. The maximum Gasteiger partial charge on any atom is 0.317 e. The number of hydrogen-bond acceptors (Lipinski definition) is 4. The Labute approximate surface area is 151 Å². The fraction of sp³-hybridized carbons (Fsp3) is 0.167. The van der Waals surface area contributed by atoms with E-state index in [9.17, 15) is 23.2 Å². The second-order valence-electron chi connectivity index (χ2n) is 5.36. The van der Waals surface area contributed by atoms with Gasteiger partial charge >= 0.3 is 11.9 Å². The molecule has 2 aromatic carbocycles. The summed E-state index contributed by atoms with van der Waals surface area (Å²) in [5.74, 6) is -4.76. The van der Waals surface area contributed by atoms with Crippen LogP contribution in [-0.2, 0) is 9.59 Å². The number of rotatable bonds is 8. The van der Waals surface area contributed by atoms with Crippen LogP contribution in [0, 0.1) is 11.6 Å². The summed E-state index contributed by atoms with van der Waals surface area (Å²) in [6, 6.07) is 8.94. The molecule has 5 nitrogen and oxygen atoms in total. The number of carboxylic acids is 2. The minimum Gasteiger partial charge on any atom is -0.481 e. The average Bonchev–Trinajstić information content (AvgIpc) is 2.58. The highest BCUT2D eigenvalue weighted by molar-refractivity contribution is 8.01. The van der Waals surface area contributed by atoms with Gasteiger partial charge in [0.1, 0.15) is 16.9 Å². The molecular formula is C18H14F2O5S. The highest BCUT2D eigenvalue weighted by atomic mass is 32.2. The number of hydrogen-bond donors (Lipinski definition) is 2. The monoisotopic (exact) mass is 380 g/mol. The Morgan fingerprint density at radius 2 is 1.65 bits per heavy atom. The first-order chi connectivity index (χ1) is 12.3. The van der Waals surface area contributed by atoms with Crippen LogP contribution in [0.1, 0.15) is 16.8 Å². The van der Waals surface area contributed by atoms with Crippen LogP contribution in [0.4, 0.5) is 8.78 Å². The van der Waals surface area contributed by atoms with Crippen molar-refractivity contribution in [2.45, 2.75) is 11.7 Å². The van der Waals surface area contributed by atoms with Gasteiger partial charge < -0.3 is 10.2 Å². The molecule has 0 fully saturated rings. The van der Waals surface area contributed by atoms with E-state index in [0.717, 1.165) is 12.1 Å². The summed E-state index contributed by atoms with van der Waals surface area (Å²) in [6.45, 7) is 0. The number of Topliss-reactive ketones (excluding diaryl/α,β-unsaturated/α-hetero) is 1. The zero-order valence-corrected chi connectivity index (χ0v) is 14.1. The fourth-order valence-electron chi connectivity index (χ4n) is 2.23. The lowest BCUT2D eigenvalue weighted by molar-refractivity contribution is -0.136. The predicted molar refractivity (Wildman–Crippen MR) is 92.3 cm³/mol. The van der Waals surface area contributed by atoms with Crippen molar-refractivity contribution in [3.05, 3.63) is 59.7 Å². The van der Waals surface area contributed by atoms with Crippen molar-refractivity contribution in [1.82, 2.24) is 0 Å². The van der Waals surface area contributed by atoms with Gasteiger partial charge in [-0.05, 0) is 17.7 Å². The van der Waals surface area contributed by atoms with E-state index in [1.54, 1.807) is 0 Å². The second kappa shape index (κ2) is 8.57. The molecule has 26 heavy (non-hydrogen) atoms. The van der Waals surface area contributed by atoms with Gasteiger partial charge in [0.05, 0.1) is 5.75 Å². The molecule has 0 saturated heterocycles. The molecule has 1 unspecified atom stereocenters. The molecule has 8 heteroatoms. The third-order valence-electron chi connectivity index (χ3n) is 3.50. The first-order valence-electron chi connectivity index (χ1n) is 7.43. The molecule has 2 aromatic rings. The summed E-state index contributed by atoms with van der Waals surface area (Å²) in [4.78, 5) is 33.9. The summed E-state index contributed by atoms with van der Waals surface area (Å²) in [5.41, 5.74) is 0.832. The van der Waals surface area contributed by atoms with Crippen molar-refractivity contribution in [2.24, 2.45) is 0 Å². The van der Waals surface area contributed by atoms with Crippen LogP contribution >= 0.6 is 11.8 Å². The predicted octanol–water partition coefficient (Wildman–Crippen LogP) is 3.48. The van der Waals surface area contributed by atoms with Crippen LogP contribution in [0.15, 0.2) is 42.5 Å². The molecule has 0 radical (unpaired) electrons. The van der Waals surface area contributed by atoms with Crippen LogP contribution in [0.25, 0.3) is 11.1 Å². The van der Waals surface area contributed by atoms with E-state index in [1.807, 2.05) is 0 Å². The van der Waals surface area contributed by atoms with E-state index in [1.165, 1.54) is 30.3 Å². The summed E-state index contributed by atoms with van der Waals surface area (Å²) >= 11 is 0.659. The standard InChI is InChI=1S/C18H14F2O5S/c19-12-5-6-13(14(20)7-12)10-1-3-11(4-2-10)15(21)8-16(18(24)25)26-9-17(22)23/h1-7,16H,8-9H2,(H,22,23)(H,24,25). The van der Waals surface area contributed by atoms with Gasteiger partial charge in [0.2, 0.25) is 0 Å². The first-order valence-corrected chi connectivity index (χ1v) is 8.47. The van der Waals surface area contributed by atoms with Crippen LogP contribution in [0.2, 0.25) is 0 Å². The van der Waals surface area contributed by atoms with Gasteiger partial charge in [0, 0.05) is 23.6 Å². The average molecular weight is 380 g/mol. The summed E-state index contributed by atoms with van der Waals surface area (Å²) in [7, 11) is 0. The van der Waals surface area contributed by atoms with Crippen molar-refractivity contribution < 1.29 is 33.4 Å². The lowest BCUT2D eigenvalue weighted by atomic mass is 10.0. The molecule has 136 valence electrons. The quantitative estimate of drug-likeness (QED) is 0.682. The zero-order chi connectivity index (χ0) is 19.3. The van der Waals surface area contributed by atoms with Gasteiger partial charge in [-0.1, -0.05) is 24.3 Å². The lowest BCUT2D eigenvalue weighted by Gasteiger charge is -2.10. The molecule has 0 heterocycles. The Bertz CT molecular complexity index is 836. The van der Waals surface area contributed by atoms with Crippen molar-refractivity contribution in [2.75, 3.05) is 5.75 Å². The molecule has 0 bridgehead atoms. The molecule has 2 rings (SSSR count). The van der Waals surface area contributed by atoms with Gasteiger partial charge in [0.15, 0.2) is 5.78 Å². The molecule has 2 N–H and O–H groups in total. The lowest BCUT2D eigenvalue weighted by Crippen LogP contribution is -2.22. The van der Waals surface area contributed by atoms with Crippen LogP contribution in [0.5, 0.6) is 0 Å². The van der Waals surface area contributed by atoms with Crippen molar-refractivity contribution >= 4 is 29.5 Å². The molecule has 0 aliphatic rings. The van der Waals surface area contributed by atoms with Gasteiger partial charge in [0.25, 0.3) is 0 Å². The van der Waals surface area contributed by atoms with E-state index in [0.29, 0.717) is 17.3 Å². The molecular weight excluding hydrogens is 366 g/mol. The highest BCUT2D eigenvalue weighted by Crippen LogP contribution is 2.25. The van der Waals surface area contributed by atoms with Crippen LogP contribution < -0.4 is 0 Å². The molecule has 0 amide bonds. The molecule has 0 spiro atoms. The van der Waals surface area contributed by atoms with E-state index >= 15 is 0 Å². The third kappa shape index (κ3) is 5.13. The number of carbonyl (C=O) groups excluding carboxylic acids is 1. The van der Waals surface area contributed by atoms with Gasteiger partial charge in [-0.15, -0.1) is 11.8 Å². The van der Waals surface area contributed by atoms with Crippen LogP contribution in [0.3, 0.4) is 0 Å². The normalized spacial score (nSPS) is 11.8. The third-order valence-corrected chi connectivity index (χ3v) is 4.69. The summed E-state index contributed by atoms with van der Waals surface area (Å²) < 4.78 is 26.7. The number of carbonyl (C=O) groups is 3. The van der Waals surface area contributed by atoms with E-state index < -0.39 is 40.4 Å². The number of ketones is 1. The molecule has 0 aromatic heterocycles. The fourth-order valence-corrected chi connectivity index (χ4v) is 2.99. The second-order valence-corrected chi connectivity index (χ2v) is 6.55. The Hall–Kier alpha value is -2.74. The van der Waals surface area contributed by atoms with E-state index in [2.05, 4.69) is 0 Å². The van der Waals surface area contributed by atoms with Crippen molar-refractivity contribution in [1.29, 1.82) is 0 Å². The van der Waals surface area contributed by atoms with Crippen molar-refractivity contribution in [3.8, 4) is 11.1 Å². The number of thioether (sulfide) groups is 1. The Morgan fingerprint density at radius 1 is 1.00 bits per heavy atom. The van der Waals surface area contributed by atoms with E-state index in [-0.39, 0.29) is 17.5 Å². The minimum absolute atomic E-state index is 0.172. The Kier molecular flexibility index (Phi) is 6.46.